The summed E-state index contributed by atoms with van der Waals surface area (Å²) < 4.78 is 13.3. The number of nitriles is 2. The van der Waals surface area contributed by atoms with Crippen LogP contribution in [0.1, 0.15) is 13.3 Å². The van der Waals surface area contributed by atoms with Gasteiger partial charge in [0.1, 0.15) is 5.92 Å². The van der Waals surface area contributed by atoms with Gasteiger partial charge in [-0.3, -0.25) is 0 Å². The zero-order valence-electron chi connectivity index (χ0n) is 8.34. The largest absolute Gasteiger partial charge is 0.314 e. The Bertz CT molecular complexity index is 219. The van der Waals surface area contributed by atoms with Crippen molar-refractivity contribution in [2.45, 2.75) is 32.5 Å². The number of rotatable bonds is 4. The van der Waals surface area contributed by atoms with E-state index in [1.807, 2.05) is 19.1 Å². The van der Waals surface area contributed by atoms with Crippen molar-refractivity contribution in [1.82, 2.24) is 0 Å². The maximum absolute atomic E-state index is 13.3. The van der Waals surface area contributed by atoms with E-state index in [2.05, 4.69) is 0 Å². The first kappa shape index (κ1) is 12.1. The quantitative estimate of drug-likeness (QED) is 0.515. The molecular weight excluding hydrogens is 183 g/mol. The highest BCUT2D eigenvalue weighted by atomic mass is 28.4. The van der Waals surface area contributed by atoms with Crippen molar-refractivity contribution in [3.05, 3.63) is 0 Å². The van der Waals surface area contributed by atoms with Crippen molar-refractivity contribution in [3.8, 4) is 12.1 Å². The topological polar surface area (TPSA) is 47.6 Å². The van der Waals surface area contributed by atoms with Crippen LogP contribution < -0.4 is 0 Å². The molecule has 0 saturated carbocycles. The minimum absolute atomic E-state index is 0.135. The van der Waals surface area contributed by atoms with E-state index >= 15 is 0 Å². The molecule has 0 aromatic carbocycles. The molecule has 0 aliphatic rings. The van der Waals surface area contributed by atoms with Crippen molar-refractivity contribution in [3.63, 3.8) is 0 Å². The van der Waals surface area contributed by atoms with E-state index in [4.69, 9.17) is 10.5 Å². The molecule has 0 saturated heterocycles. The van der Waals surface area contributed by atoms with E-state index in [0.29, 0.717) is 12.5 Å². The lowest BCUT2D eigenvalue weighted by molar-refractivity contribution is 0.525. The van der Waals surface area contributed by atoms with Gasteiger partial charge in [0.25, 0.3) is 0 Å². The van der Waals surface area contributed by atoms with E-state index in [-0.39, 0.29) is 5.92 Å². The maximum atomic E-state index is 13.3. The summed E-state index contributed by atoms with van der Waals surface area (Å²) in [6.45, 7) is 5.20. The molecule has 2 nitrogen and oxygen atoms in total. The first-order chi connectivity index (χ1) is 5.89. The zero-order chi connectivity index (χ0) is 10.5. The molecule has 0 aliphatic carbocycles. The SMILES string of the molecule is CC(CC(C#N)C#N)C[Si](C)(C)F. The summed E-state index contributed by atoms with van der Waals surface area (Å²) in [6, 6.07) is 4.34. The van der Waals surface area contributed by atoms with Crippen LogP contribution >= 0.6 is 0 Å². The molecule has 0 aromatic rings. The molecule has 0 N–H and O–H groups in total. The Morgan fingerprint density at radius 2 is 1.77 bits per heavy atom. The van der Waals surface area contributed by atoms with E-state index in [9.17, 15) is 4.11 Å². The van der Waals surface area contributed by atoms with Crippen LogP contribution in [0.4, 0.5) is 4.11 Å². The van der Waals surface area contributed by atoms with Gasteiger partial charge in [-0.2, -0.15) is 10.5 Å². The van der Waals surface area contributed by atoms with Gasteiger partial charge in [0.15, 0.2) is 0 Å². The Morgan fingerprint density at radius 3 is 2.08 bits per heavy atom. The normalized spacial score (nSPS) is 13.5. The lowest BCUT2D eigenvalue weighted by atomic mass is 10.00. The number of halogens is 1. The third-order valence-electron chi connectivity index (χ3n) is 1.78. The second kappa shape index (κ2) is 4.99. The van der Waals surface area contributed by atoms with Crippen LogP contribution in [-0.2, 0) is 0 Å². The molecular formula is C9H15FN2Si. The van der Waals surface area contributed by atoms with E-state index in [1.165, 1.54) is 0 Å². The van der Waals surface area contributed by atoms with Crippen LogP contribution in [0.2, 0.25) is 19.1 Å². The summed E-state index contributed by atoms with van der Waals surface area (Å²) in [5, 5.41) is 17.0. The predicted octanol–water partition coefficient (Wildman–Crippen LogP) is 2.85. The van der Waals surface area contributed by atoms with Gasteiger partial charge in [-0.05, 0) is 31.5 Å². The Labute approximate surface area is 80.2 Å². The zero-order valence-corrected chi connectivity index (χ0v) is 9.34. The fraction of sp³-hybridized carbons (Fsp3) is 0.778. The van der Waals surface area contributed by atoms with Crippen LogP contribution in [0.5, 0.6) is 0 Å². The summed E-state index contributed by atoms with van der Waals surface area (Å²) in [4.78, 5) is 0. The first-order valence-corrected chi connectivity index (χ1v) is 7.45. The fourth-order valence-electron chi connectivity index (χ4n) is 1.45. The second-order valence-electron chi connectivity index (χ2n) is 4.07. The van der Waals surface area contributed by atoms with Crippen LogP contribution in [0, 0.1) is 34.5 Å². The Balaban J connectivity index is 3.97. The molecule has 4 heteroatoms. The van der Waals surface area contributed by atoms with Crippen molar-refractivity contribution in [1.29, 1.82) is 10.5 Å². The molecule has 13 heavy (non-hydrogen) atoms. The third-order valence-corrected chi connectivity index (χ3v) is 3.45. The summed E-state index contributed by atoms with van der Waals surface area (Å²) >= 11 is 0. The molecule has 1 atom stereocenters. The van der Waals surface area contributed by atoms with Gasteiger partial charge in [0.2, 0.25) is 8.41 Å². The van der Waals surface area contributed by atoms with Gasteiger partial charge >= 0.3 is 0 Å². The van der Waals surface area contributed by atoms with Crippen molar-refractivity contribution >= 4 is 8.41 Å². The van der Waals surface area contributed by atoms with Crippen LogP contribution in [-0.4, -0.2) is 8.41 Å². The van der Waals surface area contributed by atoms with Crippen LogP contribution in [0.3, 0.4) is 0 Å². The molecule has 0 fully saturated rings. The monoisotopic (exact) mass is 198 g/mol. The standard InChI is InChI=1S/C9H15FN2Si/c1-8(7-13(2,3)10)4-9(5-11)6-12/h8-9H,4,7H2,1-3H3. The van der Waals surface area contributed by atoms with Crippen molar-refractivity contribution < 1.29 is 4.11 Å². The fourth-order valence-corrected chi connectivity index (χ4v) is 3.27. The van der Waals surface area contributed by atoms with Crippen LogP contribution in [0.15, 0.2) is 0 Å². The number of hydrogen-bond donors (Lipinski definition) is 0. The molecule has 0 bridgehead atoms. The molecule has 1 unspecified atom stereocenters. The Kier molecular flexibility index (Phi) is 4.65. The van der Waals surface area contributed by atoms with Gasteiger partial charge in [-0.15, -0.1) is 0 Å². The minimum Gasteiger partial charge on any atom is -0.314 e. The molecule has 0 rings (SSSR count). The van der Waals surface area contributed by atoms with Gasteiger partial charge in [0, 0.05) is 0 Å². The smallest absolute Gasteiger partial charge is 0.241 e. The van der Waals surface area contributed by atoms with Gasteiger partial charge < -0.3 is 4.11 Å². The Morgan fingerprint density at radius 1 is 1.31 bits per heavy atom. The average molecular weight is 198 g/mol. The Hall–Kier alpha value is -0.873. The number of nitrogens with zero attached hydrogens (tertiary/aromatic N) is 2. The summed E-state index contributed by atoms with van der Waals surface area (Å²) in [7, 11) is -2.53. The molecule has 0 radical (unpaired) electrons. The summed E-state index contributed by atoms with van der Waals surface area (Å²) in [5.41, 5.74) is 0. The van der Waals surface area contributed by atoms with Crippen LogP contribution in [0.25, 0.3) is 0 Å². The summed E-state index contributed by atoms with van der Waals surface area (Å²) in [5.74, 6) is -0.442. The second-order valence-corrected chi connectivity index (χ2v) is 7.92. The lowest BCUT2D eigenvalue weighted by Crippen LogP contribution is -2.22. The van der Waals surface area contributed by atoms with E-state index in [0.717, 1.165) is 0 Å². The summed E-state index contributed by atoms with van der Waals surface area (Å²) in [6.07, 6.45) is 0.493. The third kappa shape index (κ3) is 6.30. The molecule has 0 spiro atoms. The molecule has 72 valence electrons. The predicted molar refractivity (Wildman–Crippen MR) is 51.9 cm³/mol. The van der Waals surface area contributed by atoms with Crippen molar-refractivity contribution in [2.75, 3.05) is 0 Å². The highest BCUT2D eigenvalue weighted by molar-refractivity contribution is 6.70. The minimum atomic E-state index is -2.53. The first-order valence-electron chi connectivity index (χ1n) is 4.37. The molecule has 0 aliphatic heterocycles. The highest BCUT2D eigenvalue weighted by Crippen LogP contribution is 2.23. The molecule has 0 amide bonds. The lowest BCUT2D eigenvalue weighted by Gasteiger charge is -2.17. The van der Waals surface area contributed by atoms with E-state index in [1.54, 1.807) is 13.1 Å². The van der Waals surface area contributed by atoms with Gasteiger partial charge in [-0.1, -0.05) is 6.92 Å². The van der Waals surface area contributed by atoms with E-state index < -0.39 is 14.3 Å². The number of hydrogen-bond acceptors (Lipinski definition) is 2. The molecule has 0 aromatic heterocycles. The highest BCUT2D eigenvalue weighted by Gasteiger charge is 2.25. The van der Waals surface area contributed by atoms with Gasteiger partial charge in [-0.25, -0.2) is 0 Å². The molecule has 0 heterocycles. The average Bonchev–Trinajstić information content (AvgIpc) is 1.96. The maximum Gasteiger partial charge on any atom is 0.241 e. The van der Waals surface area contributed by atoms with Crippen molar-refractivity contribution in [2.24, 2.45) is 11.8 Å². The van der Waals surface area contributed by atoms with Gasteiger partial charge in [0.05, 0.1) is 12.1 Å².